The maximum atomic E-state index is 12.5. The monoisotopic (exact) mass is 393 g/mol. The first-order valence-electron chi connectivity index (χ1n) is 7.97. The zero-order valence-corrected chi connectivity index (χ0v) is 16.5. The SMILES string of the molecule is COc1ccc(CS(=O)(=O)/C=C/c2ccc(OC)c(OC)c2OC)cc1N. The minimum absolute atomic E-state index is 0.187. The van der Waals surface area contributed by atoms with Gasteiger partial charge in [0, 0.05) is 11.0 Å². The molecule has 0 bridgehead atoms. The predicted octanol–water partition coefficient (Wildman–Crippen LogP) is 2.89. The van der Waals surface area contributed by atoms with Crippen molar-refractivity contribution >= 4 is 21.6 Å². The van der Waals surface area contributed by atoms with E-state index in [4.69, 9.17) is 24.7 Å². The number of sulfone groups is 1. The number of hydrogen-bond donors (Lipinski definition) is 1. The van der Waals surface area contributed by atoms with Crippen molar-refractivity contribution in [3.05, 3.63) is 46.9 Å². The average molecular weight is 393 g/mol. The number of anilines is 1. The van der Waals surface area contributed by atoms with E-state index in [0.29, 0.717) is 39.8 Å². The van der Waals surface area contributed by atoms with E-state index in [-0.39, 0.29) is 5.75 Å². The lowest BCUT2D eigenvalue weighted by atomic mass is 10.1. The lowest BCUT2D eigenvalue weighted by molar-refractivity contribution is 0.324. The number of benzene rings is 2. The lowest BCUT2D eigenvalue weighted by Gasteiger charge is -2.14. The van der Waals surface area contributed by atoms with E-state index in [9.17, 15) is 8.42 Å². The molecule has 2 N–H and O–H groups in total. The van der Waals surface area contributed by atoms with Crippen molar-refractivity contribution in [1.29, 1.82) is 0 Å². The topological polar surface area (TPSA) is 97.1 Å². The minimum Gasteiger partial charge on any atom is -0.495 e. The molecule has 2 aromatic carbocycles. The van der Waals surface area contributed by atoms with Crippen LogP contribution in [0.25, 0.3) is 6.08 Å². The Hall–Kier alpha value is -2.87. The van der Waals surface area contributed by atoms with Gasteiger partial charge in [0.15, 0.2) is 21.3 Å². The van der Waals surface area contributed by atoms with Crippen molar-refractivity contribution in [2.45, 2.75) is 5.75 Å². The predicted molar refractivity (Wildman–Crippen MR) is 105 cm³/mol. The summed E-state index contributed by atoms with van der Waals surface area (Å²) < 4.78 is 45.9. The molecule has 0 heterocycles. The van der Waals surface area contributed by atoms with Crippen LogP contribution in [0.3, 0.4) is 0 Å². The molecular formula is C19H23NO6S. The van der Waals surface area contributed by atoms with Crippen molar-refractivity contribution in [2.24, 2.45) is 0 Å². The number of methoxy groups -OCH3 is 4. The number of ether oxygens (including phenoxy) is 4. The Kier molecular flexibility index (Phi) is 6.57. The quantitative estimate of drug-likeness (QED) is 0.689. The molecule has 0 amide bonds. The first kappa shape index (κ1) is 20.4. The van der Waals surface area contributed by atoms with Gasteiger partial charge in [-0.25, -0.2) is 8.42 Å². The number of nitrogen functional groups attached to an aromatic ring is 1. The van der Waals surface area contributed by atoms with Crippen LogP contribution >= 0.6 is 0 Å². The number of nitrogens with two attached hydrogens (primary N) is 1. The lowest BCUT2D eigenvalue weighted by Crippen LogP contribution is -2.02. The first-order chi connectivity index (χ1) is 12.8. The van der Waals surface area contributed by atoms with E-state index in [0.717, 1.165) is 5.41 Å². The molecule has 0 aromatic heterocycles. The fourth-order valence-corrected chi connectivity index (χ4v) is 3.68. The molecule has 0 unspecified atom stereocenters. The Bertz CT molecular complexity index is 937. The second-order valence-corrected chi connectivity index (χ2v) is 7.50. The molecule has 0 fully saturated rings. The second kappa shape index (κ2) is 8.68. The van der Waals surface area contributed by atoms with Gasteiger partial charge in [-0.3, -0.25) is 0 Å². The molecule has 8 heteroatoms. The van der Waals surface area contributed by atoms with Crippen LogP contribution in [0.5, 0.6) is 23.0 Å². The summed E-state index contributed by atoms with van der Waals surface area (Å²) in [7, 11) is 2.44. The molecule has 2 aromatic rings. The summed E-state index contributed by atoms with van der Waals surface area (Å²) >= 11 is 0. The summed E-state index contributed by atoms with van der Waals surface area (Å²) in [5.74, 6) is 1.58. The van der Waals surface area contributed by atoms with Crippen molar-refractivity contribution < 1.29 is 27.4 Å². The van der Waals surface area contributed by atoms with Crippen LogP contribution < -0.4 is 24.7 Å². The average Bonchev–Trinajstić information content (AvgIpc) is 2.65. The van der Waals surface area contributed by atoms with Gasteiger partial charge in [-0.2, -0.15) is 0 Å². The molecule has 0 spiro atoms. The highest BCUT2D eigenvalue weighted by molar-refractivity contribution is 7.93. The zero-order valence-electron chi connectivity index (χ0n) is 15.7. The molecule has 0 radical (unpaired) electrons. The summed E-state index contributed by atoms with van der Waals surface area (Å²) in [6, 6.07) is 8.26. The van der Waals surface area contributed by atoms with Gasteiger partial charge in [0.2, 0.25) is 5.75 Å². The third-order valence-corrected chi connectivity index (χ3v) is 5.14. The molecule has 0 saturated carbocycles. The second-order valence-electron chi connectivity index (χ2n) is 5.61. The summed E-state index contributed by atoms with van der Waals surface area (Å²) in [6.07, 6.45) is 1.46. The van der Waals surface area contributed by atoms with Gasteiger partial charge in [0.1, 0.15) is 5.75 Å². The van der Waals surface area contributed by atoms with Gasteiger partial charge in [-0.15, -0.1) is 0 Å². The maximum absolute atomic E-state index is 12.5. The molecule has 7 nitrogen and oxygen atoms in total. The van der Waals surface area contributed by atoms with E-state index in [1.165, 1.54) is 34.5 Å². The fraction of sp³-hybridized carbons (Fsp3) is 0.263. The normalized spacial score (nSPS) is 11.4. The Morgan fingerprint density at radius 1 is 0.889 bits per heavy atom. The minimum atomic E-state index is -3.53. The van der Waals surface area contributed by atoms with E-state index in [2.05, 4.69) is 0 Å². The molecule has 0 saturated heterocycles. The standard InChI is InChI=1S/C19H23NO6S/c1-23-16-7-5-13(11-15(16)20)12-27(21,22)10-9-14-6-8-17(24-2)19(26-4)18(14)25-3/h5-11H,12,20H2,1-4H3/b10-9+. The zero-order chi connectivity index (χ0) is 20.0. The first-order valence-corrected chi connectivity index (χ1v) is 9.69. The Morgan fingerprint density at radius 3 is 2.07 bits per heavy atom. The Balaban J connectivity index is 2.29. The molecule has 146 valence electrons. The summed E-state index contributed by atoms with van der Waals surface area (Å²) in [5, 5.41) is 1.14. The van der Waals surface area contributed by atoms with Crippen LogP contribution in [0.1, 0.15) is 11.1 Å². The smallest absolute Gasteiger partial charge is 0.203 e. The van der Waals surface area contributed by atoms with E-state index in [1.807, 2.05) is 0 Å². The largest absolute Gasteiger partial charge is 0.495 e. The summed E-state index contributed by atoms with van der Waals surface area (Å²) in [4.78, 5) is 0. The summed E-state index contributed by atoms with van der Waals surface area (Å²) in [6.45, 7) is 0. The summed E-state index contributed by atoms with van der Waals surface area (Å²) in [5.41, 5.74) is 7.33. The Labute approximate surface area is 159 Å². The molecule has 2 rings (SSSR count). The van der Waals surface area contributed by atoms with Crippen molar-refractivity contribution in [3.8, 4) is 23.0 Å². The van der Waals surface area contributed by atoms with Gasteiger partial charge in [0.25, 0.3) is 0 Å². The molecular weight excluding hydrogens is 370 g/mol. The highest BCUT2D eigenvalue weighted by atomic mass is 32.2. The van der Waals surface area contributed by atoms with Crippen LogP contribution in [0.15, 0.2) is 35.7 Å². The third-order valence-electron chi connectivity index (χ3n) is 3.85. The number of hydrogen-bond acceptors (Lipinski definition) is 7. The third kappa shape index (κ3) is 4.85. The van der Waals surface area contributed by atoms with Crippen LogP contribution in [0.4, 0.5) is 5.69 Å². The van der Waals surface area contributed by atoms with Crippen LogP contribution in [0, 0.1) is 0 Å². The highest BCUT2D eigenvalue weighted by Gasteiger charge is 2.15. The fourth-order valence-electron chi connectivity index (χ4n) is 2.59. The van der Waals surface area contributed by atoms with Gasteiger partial charge in [-0.1, -0.05) is 6.07 Å². The molecule has 27 heavy (non-hydrogen) atoms. The van der Waals surface area contributed by atoms with Gasteiger partial charge >= 0.3 is 0 Å². The van der Waals surface area contributed by atoms with E-state index < -0.39 is 9.84 Å². The van der Waals surface area contributed by atoms with Crippen LogP contribution in [-0.2, 0) is 15.6 Å². The van der Waals surface area contributed by atoms with Gasteiger partial charge in [0.05, 0.1) is 39.9 Å². The highest BCUT2D eigenvalue weighted by Crippen LogP contribution is 2.40. The number of rotatable bonds is 8. The molecule has 0 aliphatic rings. The van der Waals surface area contributed by atoms with Gasteiger partial charge < -0.3 is 24.7 Å². The van der Waals surface area contributed by atoms with Crippen LogP contribution in [-0.4, -0.2) is 36.9 Å². The van der Waals surface area contributed by atoms with Crippen LogP contribution in [0.2, 0.25) is 0 Å². The van der Waals surface area contributed by atoms with E-state index >= 15 is 0 Å². The maximum Gasteiger partial charge on any atom is 0.203 e. The van der Waals surface area contributed by atoms with Crippen molar-refractivity contribution in [2.75, 3.05) is 34.2 Å². The molecule has 0 aliphatic heterocycles. The molecule has 0 aliphatic carbocycles. The van der Waals surface area contributed by atoms with E-state index in [1.54, 1.807) is 30.3 Å². The molecule has 0 atom stereocenters. The van der Waals surface area contributed by atoms with Crippen molar-refractivity contribution in [1.82, 2.24) is 0 Å². The Morgan fingerprint density at radius 2 is 1.52 bits per heavy atom. The van der Waals surface area contributed by atoms with Gasteiger partial charge in [-0.05, 0) is 35.9 Å². The van der Waals surface area contributed by atoms with Crippen molar-refractivity contribution in [3.63, 3.8) is 0 Å².